The van der Waals surface area contributed by atoms with Gasteiger partial charge in [-0.1, -0.05) is 48.0 Å². The van der Waals surface area contributed by atoms with Gasteiger partial charge < -0.3 is 5.73 Å². The Morgan fingerprint density at radius 1 is 1.12 bits per heavy atom. The van der Waals surface area contributed by atoms with Crippen LogP contribution in [-0.4, -0.2) is 0 Å². The molecule has 2 nitrogen and oxygen atoms in total. The maximum absolute atomic E-state index is 8.83. The second-order valence-electron chi connectivity index (χ2n) is 3.77. The number of halogens is 1. The number of nitriles is 1. The zero-order chi connectivity index (χ0) is 12.3. The van der Waals surface area contributed by atoms with E-state index in [-0.39, 0.29) is 0 Å². The van der Waals surface area contributed by atoms with E-state index in [0.717, 1.165) is 12.0 Å². The molecule has 17 heavy (non-hydrogen) atoms. The van der Waals surface area contributed by atoms with E-state index in [1.807, 2.05) is 42.5 Å². The molecule has 2 N–H and O–H groups in total. The van der Waals surface area contributed by atoms with Gasteiger partial charge >= 0.3 is 0 Å². The third-order valence-electron chi connectivity index (χ3n) is 2.63. The standard InChI is InChI=1S/C14H11ClN2/c15-13-12(9-16)7-6-11(14(13)17)8-10-4-2-1-3-5-10/h1-7H,8,17H2. The van der Waals surface area contributed by atoms with Crippen molar-refractivity contribution in [3.63, 3.8) is 0 Å². The quantitative estimate of drug-likeness (QED) is 0.821. The summed E-state index contributed by atoms with van der Waals surface area (Å²) in [5, 5.41) is 9.18. The van der Waals surface area contributed by atoms with Gasteiger partial charge in [0.1, 0.15) is 6.07 Å². The van der Waals surface area contributed by atoms with E-state index in [4.69, 9.17) is 22.6 Å². The fourth-order valence-electron chi connectivity index (χ4n) is 1.69. The van der Waals surface area contributed by atoms with Crippen LogP contribution in [0.15, 0.2) is 42.5 Å². The van der Waals surface area contributed by atoms with Gasteiger partial charge in [-0.25, -0.2) is 0 Å². The summed E-state index contributed by atoms with van der Waals surface area (Å²) in [4.78, 5) is 0. The average Bonchev–Trinajstić information content (AvgIpc) is 2.37. The number of benzene rings is 2. The molecule has 2 aromatic carbocycles. The van der Waals surface area contributed by atoms with Crippen molar-refractivity contribution in [3.8, 4) is 6.07 Å². The third-order valence-corrected chi connectivity index (χ3v) is 3.04. The summed E-state index contributed by atoms with van der Waals surface area (Å²) in [6, 6.07) is 15.6. The summed E-state index contributed by atoms with van der Waals surface area (Å²) < 4.78 is 0. The molecule has 0 aliphatic rings. The molecule has 0 atom stereocenters. The number of hydrogen-bond acceptors (Lipinski definition) is 2. The van der Waals surface area contributed by atoms with Crippen molar-refractivity contribution in [2.24, 2.45) is 0 Å². The molecule has 2 aromatic rings. The first-order chi connectivity index (χ1) is 8.22. The van der Waals surface area contributed by atoms with E-state index in [1.54, 1.807) is 6.07 Å². The van der Waals surface area contributed by atoms with Gasteiger partial charge in [0.25, 0.3) is 0 Å². The van der Waals surface area contributed by atoms with E-state index in [9.17, 15) is 0 Å². The van der Waals surface area contributed by atoms with Crippen molar-refractivity contribution in [3.05, 3.63) is 64.2 Å². The SMILES string of the molecule is N#Cc1ccc(Cc2ccccc2)c(N)c1Cl. The van der Waals surface area contributed by atoms with E-state index in [2.05, 4.69) is 0 Å². The highest BCUT2D eigenvalue weighted by atomic mass is 35.5. The van der Waals surface area contributed by atoms with Gasteiger partial charge in [0, 0.05) is 0 Å². The van der Waals surface area contributed by atoms with Crippen LogP contribution in [-0.2, 0) is 6.42 Å². The lowest BCUT2D eigenvalue weighted by Crippen LogP contribution is -1.98. The highest BCUT2D eigenvalue weighted by Crippen LogP contribution is 2.28. The summed E-state index contributed by atoms with van der Waals surface area (Å²) in [6.45, 7) is 0. The van der Waals surface area contributed by atoms with Gasteiger partial charge in [-0.2, -0.15) is 5.26 Å². The zero-order valence-electron chi connectivity index (χ0n) is 9.15. The number of anilines is 1. The fraction of sp³-hybridized carbons (Fsp3) is 0.0714. The molecule has 0 saturated carbocycles. The molecule has 0 radical (unpaired) electrons. The largest absolute Gasteiger partial charge is 0.397 e. The Morgan fingerprint density at radius 3 is 2.47 bits per heavy atom. The molecule has 2 rings (SSSR count). The van der Waals surface area contributed by atoms with Gasteiger partial charge in [0.2, 0.25) is 0 Å². The number of nitrogens with two attached hydrogens (primary N) is 1. The van der Waals surface area contributed by atoms with E-state index < -0.39 is 0 Å². The molecule has 0 amide bonds. The Morgan fingerprint density at radius 2 is 1.82 bits per heavy atom. The Labute approximate surface area is 105 Å². The predicted octanol–water partition coefficient (Wildman–Crippen LogP) is 3.38. The Bertz CT molecular complexity index is 571. The van der Waals surface area contributed by atoms with E-state index in [0.29, 0.717) is 16.3 Å². The molecule has 0 aliphatic heterocycles. The molecule has 0 spiro atoms. The first-order valence-corrected chi connectivity index (χ1v) is 5.61. The summed E-state index contributed by atoms with van der Waals surface area (Å²) in [6.07, 6.45) is 0.720. The van der Waals surface area contributed by atoms with Crippen molar-refractivity contribution >= 4 is 17.3 Å². The van der Waals surface area contributed by atoms with Crippen LogP contribution >= 0.6 is 11.6 Å². The topological polar surface area (TPSA) is 49.8 Å². The second-order valence-corrected chi connectivity index (χ2v) is 4.15. The zero-order valence-corrected chi connectivity index (χ0v) is 9.91. The second kappa shape index (κ2) is 4.90. The normalized spacial score (nSPS) is 9.88. The van der Waals surface area contributed by atoms with Crippen LogP contribution < -0.4 is 5.73 Å². The molecule has 0 bridgehead atoms. The molecule has 3 heteroatoms. The first kappa shape index (κ1) is 11.5. The van der Waals surface area contributed by atoms with Gasteiger partial charge in [0.05, 0.1) is 16.3 Å². The number of hydrogen-bond donors (Lipinski definition) is 1. The van der Waals surface area contributed by atoms with E-state index in [1.165, 1.54) is 5.56 Å². The summed E-state index contributed by atoms with van der Waals surface area (Å²) in [7, 11) is 0. The van der Waals surface area contributed by atoms with Gasteiger partial charge in [0.15, 0.2) is 0 Å². The monoisotopic (exact) mass is 242 g/mol. The van der Waals surface area contributed by atoms with Crippen molar-refractivity contribution in [2.75, 3.05) is 5.73 Å². The smallest absolute Gasteiger partial charge is 0.101 e. The minimum absolute atomic E-state index is 0.348. The first-order valence-electron chi connectivity index (χ1n) is 5.23. The maximum atomic E-state index is 8.83. The molecular formula is C14H11ClN2. The molecule has 0 fully saturated rings. The van der Waals surface area contributed by atoms with Crippen molar-refractivity contribution < 1.29 is 0 Å². The van der Waals surface area contributed by atoms with E-state index >= 15 is 0 Å². The highest BCUT2D eigenvalue weighted by molar-refractivity contribution is 6.34. The maximum Gasteiger partial charge on any atom is 0.101 e. The molecule has 0 heterocycles. The lowest BCUT2D eigenvalue weighted by molar-refractivity contribution is 1.19. The van der Waals surface area contributed by atoms with Crippen molar-refractivity contribution in [1.82, 2.24) is 0 Å². The van der Waals surface area contributed by atoms with Crippen LogP contribution in [0.4, 0.5) is 5.69 Å². The molecule has 0 aromatic heterocycles. The lowest BCUT2D eigenvalue weighted by atomic mass is 10.0. The fourth-order valence-corrected chi connectivity index (χ4v) is 1.92. The Hall–Kier alpha value is -1.98. The number of rotatable bonds is 2. The summed E-state index contributed by atoms with van der Waals surface area (Å²) in [5.74, 6) is 0. The van der Waals surface area contributed by atoms with Crippen LogP contribution in [0.1, 0.15) is 16.7 Å². The molecule has 0 unspecified atom stereocenters. The molecule has 84 valence electrons. The lowest BCUT2D eigenvalue weighted by Gasteiger charge is -2.08. The molecule has 0 aliphatic carbocycles. The van der Waals surface area contributed by atoms with Crippen molar-refractivity contribution in [2.45, 2.75) is 6.42 Å². The minimum Gasteiger partial charge on any atom is -0.397 e. The van der Waals surface area contributed by atoms with Crippen LogP contribution in [0.3, 0.4) is 0 Å². The molecule has 0 saturated heterocycles. The van der Waals surface area contributed by atoms with Gasteiger partial charge in [-0.15, -0.1) is 0 Å². The summed E-state index contributed by atoms with van der Waals surface area (Å²) in [5.41, 5.74) is 8.95. The van der Waals surface area contributed by atoms with Gasteiger partial charge in [-0.3, -0.25) is 0 Å². The van der Waals surface area contributed by atoms with Gasteiger partial charge in [-0.05, 0) is 23.6 Å². The van der Waals surface area contributed by atoms with Crippen molar-refractivity contribution in [1.29, 1.82) is 5.26 Å². The number of nitrogens with zero attached hydrogens (tertiary/aromatic N) is 1. The third kappa shape index (κ3) is 2.41. The van der Waals surface area contributed by atoms with Crippen LogP contribution in [0.2, 0.25) is 5.02 Å². The van der Waals surface area contributed by atoms with Crippen LogP contribution in [0.25, 0.3) is 0 Å². The predicted molar refractivity (Wildman–Crippen MR) is 69.8 cm³/mol. The summed E-state index contributed by atoms with van der Waals surface area (Å²) >= 11 is 6.02. The van der Waals surface area contributed by atoms with Crippen LogP contribution in [0, 0.1) is 11.3 Å². The minimum atomic E-state index is 0.348. The molecular weight excluding hydrogens is 232 g/mol. The number of nitrogen functional groups attached to an aromatic ring is 1. The van der Waals surface area contributed by atoms with Crippen LogP contribution in [0.5, 0.6) is 0 Å². The Kier molecular flexibility index (Phi) is 3.32. The highest BCUT2D eigenvalue weighted by Gasteiger charge is 2.08. The Balaban J connectivity index is 2.36. The average molecular weight is 243 g/mol.